The van der Waals surface area contributed by atoms with E-state index in [1.807, 2.05) is 0 Å². The van der Waals surface area contributed by atoms with Gasteiger partial charge in [0.25, 0.3) is 0 Å². The van der Waals surface area contributed by atoms with Crippen molar-refractivity contribution < 1.29 is 19.7 Å². The van der Waals surface area contributed by atoms with Crippen LogP contribution in [0.5, 0.6) is 0 Å². The molecule has 5 atom stereocenters. The van der Waals surface area contributed by atoms with E-state index in [2.05, 4.69) is 24.4 Å². The van der Waals surface area contributed by atoms with Gasteiger partial charge in [-0.1, -0.05) is 25.5 Å². The van der Waals surface area contributed by atoms with Gasteiger partial charge < -0.3 is 20.3 Å². The molecule has 144 valence electrons. The van der Waals surface area contributed by atoms with E-state index >= 15 is 0 Å². The monoisotopic (exact) mass is 353 g/mol. The van der Waals surface area contributed by atoms with Crippen molar-refractivity contribution in [1.82, 2.24) is 5.32 Å². The number of aliphatic hydroxyl groups is 1. The van der Waals surface area contributed by atoms with Gasteiger partial charge >= 0.3 is 5.97 Å². The van der Waals surface area contributed by atoms with Crippen LogP contribution in [-0.4, -0.2) is 47.6 Å². The second kappa shape index (κ2) is 10.9. The number of carboxylic acid groups (broad SMARTS) is 1. The molecule has 5 heteroatoms. The Bertz CT molecular complexity index is 426. The highest BCUT2D eigenvalue weighted by Gasteiger charge is 2.47. The van der Waals surface area contributed by atoms with E-state index in [1.165, 1.54) is 12.8 Å². The van der Waals surface area contributed by atoms with Gasteiger partial charge in [-0.15, -0.1) is 0 Å². The molecule has 0 amide bonds. The zero-order chi connectivity index (χ0) is 18.1. The molecular weight excluding hydrogens is 318 g/mol. The smallest absolute Gasteiger partial charge is 0.303 e. The lowest BCUT2D eigenvalue weighted by molar-refractivity contribution is -0.137. The third kappa shape index (κ3) is 6.72. The summed E-state index contributed by atoms with van der Waals surface area (Å²) in [5, 5.41) is 21.8. The lowest BCUT2D eigenvalue weighted by Crippen LogP contribution is -2.32. The minimum absolute atomic E-state index is 0.231. The number of ether oxygens (including phenoxy) is 1. The predicted molar refractivity (Wildman–Crippen MR) is 98.5 cm³/mol. The van der Waals surface area contributed by atoms with Crippen LogP contribution in [0.25, 0.3) is 0 Å². The fraction of sp³-hybridized carbons (Fsp3) is 0.850. The minimum atomic E-state index is -0.716. The van der Waals surface area contributed by atoms with E-state index in [-0.39, 0.29) is 12.5 Å². The van der Waals surface area contributed by atoms with Crippen molar-refractivity contribution in [2.75, 3.05) is 13.1 Å². The molecule has 2 rings (SSSR count). The molecule has 5 nitrogen and oxygen atoms in total. The summed E-state index contributed by atoms with van der Waals surface area (Å²) in [7, 11) is 0. The largest absolute Gasteiger partial charge is 0.481 e. The number of aliphatic carboxylic acids is 1. The molecular formula is C20H35NO4. The third-order valence-electron chi connectivity index (χ3n) is 5.58. The minimum Gasteiger partial charge on any atom is -0.481 e. The van der Waals surface area contributed by atoms with Gasteiger partial charge in [0.15, 0.2) is 0 Å². The highest BCUT2D eigenvalue weighted by Crippen LogP contribution is 2.46. The van der Waals surface area contributed by atoms with Crippen molar-refractivity contribution in [1.29, 1.82) is 0 Å². The maximum Gasteiger partial charge on any atom is 0.303 e. The predicted octanol–water partition coefficient (Wildman–Crippen LogP) is 3.12. The van der Waals surface area contributed by atoms with Gasteiger partial charge in [0.1, 0.15) is 0 Å². The SMILES string of the molecule is CCCC(O)CNCC[C@H]1[C@@H](CC=CCCCC(=O)O)[C@H]2CC[C@@H]1O2. The van der Waals surface area contributed by atoms with Crippen molar-refractivity contribution in [3.8, 4) is 0 Å². The lowest BCUT2D eigenvalue weighted by Gasteiger charge is -2.27. The zero-order valence-corrected chi connectivity index (χ0v) is 15.5. The van der Waals surface area contributed by atoms with Crippen molar-refractivity contribution in [3.63, 3.8) is 0 Å². The number of hydrogen-bond acceptors (Lipinski definition) is 4. The second-order valence-corrected chi connectivity index (χ2v) is 7.55. The summed E-state index contributed by atoms with van der Waals surface area (Å²) in [5.74, 6) is 0.488. The van der Waals surface area contributed by atoms with Crippen molar-refractivity contribution in [2.45, 2.75) is 83.0 Å². The summed E-state index contributed by atoms with van der Waals surface area (Å²) < 4.78 is 6.14. The average Bonchev–Trinajstić information content (AvgIpc) is 3.16. The maximum absolute atomic E-state index is 10.5. The van der Waals surface area contributed by atoms with Gasteiger partial charge in [0.05, 0.1) is 18.3 Å². The van der Waals surface area contributed by atoms with Crippen LogP contribution in [0.3, 0.4) is 0 Å². The van der Waals surface area contributed by atoms with E-state index in [0.29, 0.717) is 37.0 Å². The Hall–Kier alpha value is -0.910. The molecule has 2 fully saturated rings. The first-order valence-corrected chi connectivity index (χ1v) is 10.0. The first kappa shape index (κ1) is 20.4. The van der Waals surface area contributed by atoms with Gasteiger partial charge in [0, 0.05) is 13.0 Å². The van der Waals surface area contributed by atoms with Crippen LogP contribution >= 0.6 is 0 Å². The Morgan fingerprint density at radius 2 is 2.04 bits per heavy atom. The van der Waals surface area contributed by atoms with E-state index in [4.69, 9.17) is 9.84 Å². The molecule has 2 aliphatic heterocycles. The van der Waals surface area contributed by atoms with Gasteiger partial charge in [-0.3, -0.25) is 4.79 Å². The molecule has 2 saturated heterocycles. The fourth-order valence-electron chi connectivity index (χ4n) is 4.31. The molecule has 0 radical (unpaired) electrons. The summed E-state index contributed by atoms with van der Waals surface area (Å²) in [5.41, 5.74) is 0. The molecule has 0 saturated carbocycles. The standard InChI is InChI=1S/C20H35NO4/c1-2-7-15(22)14-21-13-12-17-16(18-10-11-19(17)25-18)8-5-3-4-6-9-20(23)24/h3,5,15-19,21-22H,2,4,6-14H2,1H3,(H,23,24)/t15?,16-,17+,18-,19+/m1/s1. The number of nitrogens with one attached hydrogen (secondary N) is 1. The number of allylic oxidation sites excluding steroid dienone is 2. The van der Waals surface area contributed by atoms with Crippen molar-refractivity contribution in [3.05, 3.63) is 12.2 Å². The molecule has 25 heavy (non-hydrogen) atoms. The molecule has 3 N–H and O–H groups in total. The summed E-state index contributed by atoms with van der Waals surface area (Å²) in [6.07, 6.45) is 13.1. The Kier molecular flexibility index (Phi) is 8.93. The number of fused-ring (bicyclic) bond motifs is 2. The van der Waals surface area contributed by atoms with Crippen LogP contribution in [0.1, 0.15) is 64.7 Å². The number of aliphatic hydroxyl groups excluding tert-OH is 1. The van der Waals surface area contributed by atoms with Crippen molar-refractivity contribution >= 4 is 5.97 Å². The summed E-state index contributed by atoms with van der Waals surface area (Å²) in [6.45, 7) is 3.72. The molecule has 2 heterocycles. The van der Waals surface area contributed by atoms with Crippen molar-refractivity contribution in [2.24, 2.45) is 11.8 Å². The van der Waals surface area contributed by atoms with E-state index < -0.39 is 5.97 Å². The number of unbranched alkanes of at least 4 members (excludes halogenated alkanes) is 1. The highest BCUT2D eigenvalue weighted by molar-refractivity contribution is 5.66. The molecule has 0 aromatic heterocycles. The number of carboxylic acids is 1. The number of hydrogen-bond donors (Lipinski definition) is 3. The fourth-order valence-corrected chi connectivity index (χ4v) is 4.31. The van der Waals surface area contributed by atoms with Crippen LogP contribution in [0, 0.1) is 11.8 Å². The summed E-state index contributed by atoms with van der Waals surface area (Å²) in [4.78, 5) is 10.5. The molecule has 2 aliphatic rings. The van der Waals surface area contributed by atoms with E-state index in [0.717, 1.165) is 38.6 Å². The summed E-state index contributed by atoms with van der Waals surface area (Å²) in [6, 6.07) is 0. The molecule has 0 aromatic carbocycles. The maximum atomic E-state index is 10.5. The van der Waals surface area contributed by atoms with Crippen LogP contribution in [0.2, 0.25) is 0 Å². The average molecular weight is 354 g/mol. The van der Waals surface area contributed by atoms with E-state index in [9.17, 15) is 9.90 Å². The Morgan fingerprint density at radius 3 is 2.76 bits per heavy atom. The molecule has 1 unspecified atom stereocenters. The quantitative estimate of drug-likeness (QED) is 0.350. The molecule has 2 bridgehead atoms. The van der Waals surface area contributed by atoms with E-state index in [1.54, 1.807) is 0 Å². The second-order valence-electron chi connectivity index (χ2n) is 7.55. The lowest BCUT2D eigenvalue weighted by atomic mass is 9.76. The van der Waals surface area contributed by atoms with Crippen LogP contribution in [0.15, 0.2) is 12.2 Å². The van der Waals surface area contributed by atoms with Crippen LogP contribution in [0.4, 0.5) is 0 Å². The van der Waals surface area contributed by atoms with Crippen LogP contribution < -0.4 is 5.32 Å². The van der Waals surface area contributed by atoms with Crippen LogP contribution in [-0.2, 0) is 9.53 Å². The molecule has 0 aliphatic carbocycles. The number of carbonyl (C=O) groups is 1. The third-order valence-corrected chi connectivity index (χ3v) is 5.58. The normalized spacial score (nSPS) is 29.5. The first-order valence-electron chi connectivity index (χ1n) is 10.0. The molecule has 0 aromatic rings. The van der Waals surface area contributed by atoms with Gasteiger partial charge in [-0.2, -0.15) is 0 Å². The topological polar surface area (TPSA) is 78.8 Å². The number of rotatable bonds is 13. The molecule has 0 spiro atoms. The van der Waals surface area contributed by atoms with Gasteiger partial charge in [-0.05, 0) is 63.3 Å². The Morgan fingerprint density at radius 1 is 1.28 bits per heavy atom. The Labute approximate surface area is 151 Å². The zero-order valence-electron chi connectivity index (χ0n) is 15.5. The van der Waals surface area contributed by atoms with Gasteiger partial charge in [0.2, 0.25) is 0 Å². The first-order chi connectivity index (χ1) is 12.1. The van der Waals surface area contributed by atoms with Gasteiger partial charge in [-0.25, -0.2) is 0 Å². The summed E-state index contributed by atoms with van der Waals surface area (Å²) >= 11 is 0. The Balaban J connectivity index is 1.67. The highest BCUT2D eigenvalue weighted by atomic mass is 16.5.